The van der Waals surface area contributed by atoms with Gasteiger partial charge in [0.05, 0.1) is 17.0 Å². The van der Waals surface area contributed by atoms with E-state index in [0.29, 0.717) is 23.1 Å². The summed E-state index contributed by atoms with van der Waals surface area (Å²) < 4.78 is 5.95. The van der Waals surface area contributed by atoms with Crippen LogP contribution in [-0.2, 0) is 6.54 Å². The highest BCUT2D eigenvalue weighted by Crippen LogP contribution is 2.39. The number of aromatic nitrogens is 1. The van der Waals surface area contributed by atoms with Crippen molar-refractivity contribution in [3.8, 4) is 0 Å². The summed E-state index contributed by atoms with van der Waals surface area (Å²) in [6, 6.07) is 18.3. The molecule has 0 radical (unpaired) electrons. The lowest BCUT2D eigenvalue weighted by molar-refractivity contribution is 0.0714. The van der Waals surface area contributed by atoms with Crippen molar-refractivity contribution in [2.75, 3.05) is 6.26 Å². The van der Waals surface area contributed by atoms with Crippen LogP contribution in [0.25, 0.3) is 11.0 Å². The Kier molecular flexibility index (Phi) is 4.64. The summed E-state index contributed by atoms with van der Waals surface area (Å²) in [4.78, 5) is 33.7. The molecule has 1 aliphatic heterocycles. The molecule has 1 atom stereocenters. The number of amides is 1. The molecule has 3 heterocycles. The van der Waals surface area contributed by atoms with Gasteiger partial charge in [-0.15, -0.1) is 11.8 Å². The molecule has 5 nitrogen and oxygen atoms in total. The van der Waals surface area contributed by atoms with Gasteiger partial charge >= 0.3 is 0 Å². The minimum absolute atomic E-state index is 0.131. The van der Waals surface area contributed by atoms with Crippen LogP contribution in [0, 0.1) is 0 Å². The lowest BCUT2D eigenvalue weighted by Crippen LogP contribution is -2.29. The number of rotatable bonds is 4. The Labute approximate surface area is 177 Å². The quantitative estimate of drug-likeness (QED) is 0.455. The second-order valence-electron chi connectivity index (χ2n) is 7.13. The molecule has 5 rings (SSSR count). The molecule has 0 aliphatic carbocycles. The molecule has 2 aromatic carbocycles. The van der Waals surface area contributed by atoms with Crippen LogP contribution < -0.4 is 5.43 Å². The van der Waals surface area contributed by atoms with Crippen molar-refractivity contribution >= 4 is 28.6 Å². The standard InChI is InChI=1S/C24H18N2O3S/c1-30-17-8-6-16(7-9-17)21-20-22(27)18-4-2-3-5-19(18)29-23(20)24(28)26(21)14-15-10-12-25-13-11-15/h2-13,21H,14H2,1H3/t21-/m0/s1. The third-order valence-electron chi connectivity index (χ3n) is 5.41. The largest absolute Gasteiger partial charge is 0.450 e. The van der Waals surface area contributed by atoms with Crippen molar-refractivity contribution in [2.24, 2.45) is 0 Å². The van der Waals surface area contributed by atoms with E-state index >= 15 is 0 Å². The van der Waals surface area contributed by atoms with Crippen molar-refractivity contribution in [3.05, 3.63) is 106 Å². The molecule has 0 fully saturated rings. The fraction of sp³-hybridized carbons (Fsp3) is 0.125. The van der Waals surface area contributed by atoms with Crippen LogP contribution in [0.2, 0.25) is 0 Å². The zero-order chi connectivity index (χ0) is 20.7. The molecule has 148 valence electrons. The fourth-order valence-electron chi connectivity index (χ4n) is 3.95. The van der Waals surface area contributed by atoms with Gasteiger partial charge in [-0.25, -0.2) is 0 Å². The Balaban J connectivity index is 1.71. The topological polar surface area (TPSA) is 63.4 Å². The molecule has 0 saturated heterocycles. The van der Waals surface area contributed by atoms with Gasteiger partial charge in [-0.05, 0) is 53.8 Å². The van der Waals surface area contributed by atoms with E-state index in [1.165, 1.54) is 0 Å². The Bertz CT molecular complexity index is 1300. The number of carbonyl (C=O) groups excluding carboxylic acids is 1. The van der Waals surface area contributed by atoms with E-state index in [9.17, 15) is 9.59 Å². The number of thioether (sulfide) groups is 1. The van der Waals surface area contributed by atoms with E-state index in [1.807, 2.05) is 42.7 Å². The highest BCUT2D eigenvalue weighted by atomic mass is 32.2. The van der Waals surface area contributed by atoms with Crippen LogP contribution in [0.4, 0.5) is 0 Å². The first-order chi connectivity index (χ1) is 14.7. The van der Waals surface area contributed by atoms with Crippen LogP contribution in [0.5, 0.6) is 0 Å². The molecule has 0 spiro atoms. The molecular weight excluding hydrogens is 396 g/mol. The normalized spacial score (nSPS) is 15.6. The minimum atomic E-state index is -0.502. The molecule has 0 unspecified atom stereocenters. The number of carbonyl (C=O) groups is 1. The van der Waals surface area contributed by atoms with E-state index < -0.39 is 6.04 Å². The second-order valence-corrected chi connectivity index (χ2v) is 8.01. The van der Waals surface area contributed by atoms with Crippen LogP contribution in [0.15, 0.2) is 87.2 Å². The number of fused-ring (bicyclic) bond motifs is 2. The average molecular weight is 414 g/mol. The second kappa shape index (κ2) is 7.46. The first kappa shape index (κ1) is 18.6. The van der Waals surface area contributed by atoms with Crippen LogP contribution in [-0.4, -0.2) is 22.0 Å². The third-order valence-corrected chi connectivity index (χ3v) is 6.15. The van der Waals surface area contributed by atoms with Gasteiger partial charge in [0.1, 0.15) is 5.58 Å². The highest BCUT2D eigenvalue weighted by molar-refractivity contribution is 7.98. The predicted octanol–water partition coefficient (Wildman–Crippen LogP) is 4.66. The zero-order valence-electron chi connectivity index (χ0n) is 16.2. The molecule has 4 aromatic rings. The zero-order valence-corrected chi connectivity index (χ0v) is 17.1. The van der Waals surface area contributed by atoms with E-state index in [1.54, 1.807) is 53.3 Å². The van der Waals surface area contributed by atoms with Crippen LogP contribution in [0.1, 0.15) is 33.3 Å². The van der Waals surface area contributed by atoms with E-state index in [2.05, 4.69) is 4.98 Å². The molecule has 0 saturated carbocycles. The van der Waals surface area contributed by atoms with Crippen molar-refractivity contribution in [3.63, 3.8) is 0 Å². The predicted molar refractivity (Wildman–Crippen MR) is 117 cm³/mol. The first-order valence-electron chi connectivity index (χ1n) is 9.57. The van der Waals surface area contributed by atoms with Gasteiger partial charge < -0.3 is 9.32 Å². The summed E-state index contributed by atoms with van der Waals surface area (Å²) in [5.74, 6) is -0.143. The number of para-hydroxylation sites is 1. The molecule has 0 N–H and O–H groups in total. The Morgan fingerprint density at radius 3 is 2.47 bits per heavy atom. The van der Waals surface area contributed by atoms with Gasteiger partial charge in [0.15, 0.2) is 5.43 Å². The van der Waals surface area contributed by atoms with Crippen molar-refractivity contribution < 1.29 is 9.21 Å². The maximum atomic E-state index is 13.4. The van der Waals surface area contributed by atoms with Gasteiger partial charge in [0, 0.05) is 23.8 Å². The van der Waals surface area contributed by atoms with E-state index in [0.717, 1.165) is 16.0 Å². The lowest BCUT2D eigenvalue weighted by Gasteiger charge is -2.25. The van der Waals surface area contributed by atoms with Crippen LogP contribution >= 0.6 is 11.8 Å². The summed E-state index contributed by atoms with van der Waals surface area (Å²) >= 11 is 1.65. The molecular formula is C24H18N2O3S. The summed E-state index contributed by atoms with van der Waals surface area (Å²) in [7, 11) is 0. The Morgan fingerprint density at radius 1 is 1.00 bits per heavy atom. The van der Waals surface area contributed by atoms with Crippen molar-refractivity contribution in [1.29, 1.82) is 0 Å². The smallest absolute Gasteiger partial charge is 0.291 e. The maximum absolute atomic E-state index is 13.4. The average Bonchev–Trinajstić information content (AvgIpc) is 3.06. The van der Waals surface area contributed by atoms with Gasteiger partial charge in [-0.1, -0.05) is 24.3 Å². The fourth-order valence-corrected chi connectivity index (χ4v) is 4.36. The molecule has 0 bridgehead atoms. The summed E-state index contributed by atoms with van der Waals surface area (Å²) in [5, 5.41) is 0.487. The third kappa shape index (κ3) is 3.00. The SMILES string of the molecule is CSc1ccc([C@H]2c3c(oc4ccccc4c3=O)C(=O)N2Cc2ccncc2)cc1. The van der Waals surface area contributed by atoms with Crippen molar-refractivity contribution in [2.45, 2.75) is 17.5 Å². The van der Waals surface area contributed by atoms with Gasteiger partial charge in [0.2, 0.25) is 5.76 Å². The molecule has 30 heavy (non-hydrogen) atoms. The van der Waals surface area contributed by atoms with Gasteiger partial charge in [-0.3, -0.25) is 14.6 Å². The number of pyridine rings is 1. The molecule has 1 aliphatic rings. The number of hydrogen-bond acceptors (Lipinski definition) is 5. The van der Waals surface area contributed by atoms with Gasteiger partial charge in [0.25, 0.3) is 5.91 Å². The lowest BCUT2D eigenvalue weighted by atomic mass is 9.98. The van der Waals surface area contributed by atoms with E-state index in [4.69, 9.17) is 4.42 Å². The summed E-state index contributed by atoms with van der Waals surface area (Å²) in [6.07, 6.45) is 5.41. The van der Waals surface area contributed by atoms with Crippen LogP contribution in [0.3, 0.4) is 0 Å². The molecule has 6 heteroatoms. The summed E-state index contributed by atoms with van der Waals surface area (Å²) in [5.41, 5.74) is 2.50. The number of hydrogen-bond donors (Lipinski definition) is 0. The number of nitrogens with zero attached hydrogens (tertiary/aromatic N) is 2. The molecule has 1 amide bonds. The van der Waals surface area contributed by atoms with E-state index in [-0.39, 0.29) is 17.1 Å². The monoisotopic (exact) mass is 414 g/mol. The Hall–Kier alpha value is -3.38. The minimum Gasteiger partial charge on any atom is -0.450 e. The highest BCUT2D eigenvalue weighted by Gasteiger charge is 2.42. The first-order valence-corrected chi connectivity index (χ1v) is 10.8. The van der Waals surface area contributed by atoms with Crippen molar-refractivity contribution in [1.82, 2.24) is 9.88 Å². The Morgan fingerprint density at radius 2 is 1.73 bits per heavy atom. The summed E-state index contributed by atoms with van der Waals surface area (Å²) in [6.45, 7) is 0.357. The molecule has 2 aromatic heterocycles. The maximum Gasteiger partial charge on any atom is 0.291 e. The number of benzene rings is 2. The van der Waals surface area contributed by atoms with Gasteiger partial charge in [-0.2, -0.15) is 0 Å².